The van der Waals surface area contributed by atoms with Gasteiger partial charge in [0.15, 0.2) is 0 Å². The van der Waals surface area contributed by atoms with Crippen LogP contribution in [0.3, 0.4) is 0 Å². The molecule has 0 aliphatic heterocycles. The molecule has 0 atom stereocenters. The molecule has 17 heavy (non-hydrogen) atoms. The Kier molecular flexibility index (Phi) is 6.10. The van der Waals surface area contributed by atoms with Gasteiger partial charge in [-0.1, -0.05) is 0 Å². The summed E-state index contributed by atoms with van der Waals surface area (Å²) in [6.07, 6.45) is 0. The summed E-state index contributed by atoms with van der Waals surface area (Å²) in [7, 11) is 3.24. The number of aryl methyl sites for hydroxylation is 1. The second-order valence-electron chi connectivity index (χ2n) is 3.54. The fourth-order valence-electron chi connectivity index (χ4n) is 1.37. The van der Waals surface area contributed by atoms with E-state index < -0.39 is 0 Å². The Morgan fingerprint density at radius 1 is 1.35 bits per heavy atom. The van der Waals surface area contributed by atoms with Crippen molar-refractivity contribution in [3.8, 4) is 0 Å². The Morgan fingerprint density at radius 3 is 2.35 bits per heavy atom. The van der Waals surface area contributed by atoms with Crippen molar-refractivity contribution >= 4 is 17.2 Å². The van der Waals surface area contributed by atoms with Crippen LogP contribution in [-0.2, 0) is 9.47 Å². The number of carbonyl (C=O) groups excluding carboxylic acids is 1. The highest BCUT2D eigenvalue weighted by Gasteiger charge is 2.19. The number of hydrogen-bond donors (Lipinski definition) is 0. The average Bonchev–Trinajstić information content (AvgIpc) is 2.75. The van der Waals surface area contributed by atoms with Gasteiger partial charge in [0, 0.05) is 27.3 Å². The van der Waals surface area contributed by atoms with Gasteiger partial charge in [0.2, 0.25) is 0 Å². The standard InChI is InChI=1S/C11H18N2O3S/c1-9-10(17-8-12-9)11(14)13(4-6-15-2)5-7-16-3/h8H,4-7H2,1-3H3. The number of rotatable bonds is 7. The Morgan fingerprint density at radius 2 is 1.94 bits per heavy atom. The topological polar surface area (TPSA) is 51.7 Å². The molecule has 0 aliphatic carbocycles. The third-order valence-corrected chi connectivity index (χ3v) is 3.27. The molecule has 0 unspecified atom stereocenters. The third kappa shape index (κ3) is 4.07. The number of hydrogen-bond acceptors (Lipinski definition) is 5. The number of nitrogens with zero attached hydrogens (tertiary/aromatic N) is 2. The second kappa shape index (κ2) is 7.37. The van der Waals surface area contributed by atoms with Crippen LogP contribution in [0.5, 0.6) is 0 Å². The smallest absolute Gasteiger partial charge is 0.266 e. The molecule has 5 nitrogen and oxygen atoms in total. The quantitative estimate of drug-likeness (QED) is 0.737. The van der Waals surface area contributed by atoms with Crippen molar-refractivity contribution in [3.05, 3.63) is 16.1 Å². The van der Waals surface area contributed by atoms with Crippen LogP contribution in [0.15, 0.2) is 5.51 Å². The molecule has 0 bridgehead atoms. The highest BCUT2D eigenvalue weighted by atomic mass is 32.1. The summed E-state index contributed by atoms with van der Waals surface area (Å²) in [6, 6.07) is 0. The number of ether oxygens (including phenoxy) is 2. The van der Waals surface area contributed by atoms with E-state index in [0.717, 1.165) is 5.69 Å². The lowest BCUT2D eigenvalue weighted by molar-refractivity contribution is 0.0631. The van der Waals surface area contributed by atoms with Gasteiger partial charge in [-0.15, -0.1) is 11.3 Å². The molecule has 96 valence electrons. The summed E-state index contributed by atoms with van der Waals surface area (Å²) in [5.74, 6) is -0.000833. The van der Waals surface area contributed by atoms with Gasteiger partial charge in [-0.2, -0.15) is 0 Å². The van der Waals surface area contributed by atoms with Crippen molar-refractivity contribution < 1.29 is 14.3 Å². The lowest BCUT2D eigenvalue weighted by atomic mass is 10.3. The van der Waals surface area contributed by atoms with Crippen LogP contribution in [0.4, 0.5) is 0 Å². The van der Waals surface area contributed by atoms with E-state index in [4.69, 9.17) is 9.47 Å². The van der Waals surface area contributed by atoms with Crippen molar-refractivity contribution in [1.82, 2.24) is 9.88 Å². The van der Waals surface area contributed by atoms with E-state index in [1.165, 1.54) is 11.3 Å². The van der Waals surface area contributed by atoms with Gasteiger partial charge in [-0.3, -0.25) is 4.79 Å². The number of methoxy groups -OCH3 is 2. The van der Waals surface area contributed by atoms with Crippen molar-refractivity contribution in [1.29, 1.82) is 0 Å². The number of carbonyl (C=O) groups is 1. The van der Waals surface area contributed by atoms with E-state index in [2.05, 4.69) is 4.98 Å². The molecule has 1 amide bonds. The summed E-state index contributed by atoms with van der Waals surface area (Å²) >= 11 is 1.37. The van der Waals surface area contributed by atoms with Gasteiger partial charge >= 0.3 is 0 Å². The lowest BCUT2D eigenvalue weighted by Gasteiger charge is -2.21. The summed E-state index contributed by atoms with van der Waals surface area (Å²) in [5, 5.41) is 0. The molecule has 0 aromatic carbocycles. The van der Waals surface area contributed by atoms with Crippen LogP contribution in [0.1, 0.15) is 15.4 Å². The van der Waals surface area contributed by atoms with Gasteiger partial charge < -0.3 is 14.4 Å². The number of amides is 1. The summed E-state index contributed by atoms with van der Waals surface area (Å²) in [5.41, 5.74) is 2.47. The largest absolute Gasteiger partial charge is 0.383 e. The van der Waals surface area contributed by atoms with E-state index in [0.29, 0.717) is 31.2 Å². The van der Waals surface area contributed by atoms with E-state index in [9.17, 15) is 4.79 Å². The second-order valence-corrected chi connectivity index (χ2v) is 4.40. The summed E-state index contributed by atoms with van der Waals surface area (Å²) < 4.78 is 10.0. The highest BCUT2D eigenvalue weighted by molar-refractivity contribution is 7.11. The maximum absolute atomic E-state index is 12.2. The van der Waals surface area contributed by atoms with Gasteiger partial charge in [0.25, 0.3) is 5.91 Å². The molecule has 0 N–H and O–H groups in total. The van der Waals surface area contributed by atoms with Crippen molar-refractivity contribution in [2.24, 2.45) is 0 Å². The van der Waals surface area contributed by atoms with E-state index in [-0.39, 0.29) is 5.91 Å². The Balaban J connectivity index is 2.68. The first-order chi connectivity index (χ1) is 8.20. The van der Waals surface area contributed by atoms with Gasteiger partial charge in [0.1, 0.15) is 4.88 Å². The molecular weight excluding hydrogens is 240 g/mol. The molecule has 0 fully saturated rings. The van der Waals surface area contributed by atoms with Crippen LogP contribution in [0.2, 0.25) is 0 Å². The first-order valence-corrected chi connectivity index (χ1v) is 6.26. The Bertz CT molecular complexity index is 346. The molecule has 1 aromatic heterocycles. The van der Waals surface area contributed by atoms with Crippen molar-refractivity contribution in [3.63, 3.8) is 0 Å². The summed E-state index contributed by atoms with van der Waals surface area (Å²) in [6.45, 7) is 4.02. The van der Waals surface area contributed by atoms with E-state index in [1.54, 1.807) is 24.6 Å². The molecule has 0 aliphatic rings. The minimum Gasteiger partial charge on any atom is -0.383 e. The van der Waals surface area contributed by atoms with E-state index >= 15 is 0 Å². The third-order valence-electron chi connectivity index (χ3n) is 2.36. The molecule has 0 saturated heterocycles. The molecule has 0 spiro atoms. The fourth-order valence-corrected chi connectivity index (χ4v) is 2.14. The zero-order valence-corrected chi connectivity index (χ0v) is 11.2. The Hall–Kier alpha value is -0.980. The van der Waals surface area contributed by atoms with Crippen LogP contribution in [0, 0.1) is 6.92 Å². The maximum Gasteiger partial charge on any atom is 0.266 e. The van der Waals surface area contributed by atoms with Crippen molar-refractivity contribution in [2.75, 3.05) is 40.5 Å². The molecule has 0 radical (unpaired) electrons. The van der Waals surface area contributed by atoms with E-state index in [1.807, 2.05) is 6.92 Å². The normalized spacial score (nSPS) is 10.5. The zero-order chi connectivity index (χ0) is 12.7. The molecular formula is C11H18N2O3S. The predicted octanol–water partition coefficient (Wildman–Crippen LogP) is 1.19. The first-order valence-electron chi connectivity index (χ1n) is 5.38. The van der Waals surface area contributed by atoms with Crippen LogP contribution in [-0.4, -0.2) is 56.3 Å². The van der Waals surface area contributed by atoms with Gasteiger partial charge in [0.05, 0.1) is 24.4 Å². The minimum atomic E-state index is -0.000833. The molecule has 1 heterocycles. The highest BCUT2D eigenvalue weighted by Crippen LogP contribution is 2.14. The van der Waals surface area contributed by atoms with Crippen LogP contribution >= 0.6 is 11.3 Å². The first kappa shape index (κ1) is 14.1. The lowest BCUT2D eigenvalue weighted by Crippen LogP contribution is -2.36. The SMILES string of the molecule is COCCN(CCOC)C(=O)c1scnc1C. The van der Waals surface area contributed by atoms with Crippen LogP contribution < -0.4 is 0 Å². The average molecular weight is 258 g/mol. The Labute approximate surface area is 105 Å². The molecule has 6 heteroatoms. The monoisotopic (exact) mass is 258 g/mol. The van der Waals surface area contributed by atoms with Gasteiger partial charge in [-0.05, 0) is 6.92 Å². The predicted molar refractivity (Wildman–Crippen MR) is 66.5 cm³/mol. The van der Waals surface area contributed by atoms with Gasteiger partial charge in [-0.25, -0.2) is 4.98 Å². The zero-order valence-electron chi connectivity index (χ0n) is 10.4. The number of aromatic nitrogens is 1. The fraction of sp³-hybridized carbons (Fsp3) is 0.636. The van der Waals surface area contributed by atoms with Crippen LogP contribution in [0.25, 0.3) is 0 Å². The molecule has 0 saturated carbocycles. The minimum absolute atomic E-state index is 0.000833. The molecule has 1 aromatic rings. The maximum atomic E-state index is 12.2. The summed E-state index contributed by atoms with van der Waals surface area (Å²) in [4.78, 5) is 18.7. The number of thiazole rings is 1. The molecule has 1 rings (SSSR count). The van der Waals surface area contributed by atoms with Crippen molar-refractivity contribution in [2.45, 2.75) is 6.92 Å².